The van der Waals surface area contributed by atoms with Crippen molar-refractivity contribution in [1.82, 2.24) is 20.4 Å². The first kappa shape index (κ1) is 21.8. The summed E-state index contributed by atoms with van der Waals surface area (Å²) < 4.78 is 23.6. The van der Waals surface area contributed by atoms with Crippen LogP contribution in [0.3, 0.4) is 0 Å². The highest BCUT2D eigenvalue weighted by atomic mass is 32.1. The Morgan fingerprint density at radius 2 is 2.03 bits per heavy atom. The van der Waals surface area contributed by atoms with Crippen molar-refractivity contribution in [1.29, 1.82) is 0 Å². The lowest BCUT2D eigenvalue weighted by Crippen LogP contribution is -2.26. The molecule has 0 saturated carbocycles. The summed E-state index contributed by atoms with van der Waals surface area (Å²) in [6, 6.07) is 10.1. The van der Waals surface area contributed by atoms with Crippen LogP contribution in [0.25, 0.3) is 0 Å². The van der Waals surface area contributed by atoms with E-state index in [0.29, 0.717) is 33.9 Å². The molecule has 12 heteroatoms. The van der Waals surface area contributed by atoms with Gasteiger partial charge in [0.15, 0.2) is 11.9 Å². The van der Waals surface area contributed by atoms with Crippen molar-refractivity contribution in [2.45, 2.75) is 18.6 Å². The molecule has 2 aromatic heterocycles. The quantitative estimate of drug-likeness (QED) is 0.524. The number of anilines is 3. The number of nitrogens with zero attached hydrogens (tertiary/aromatic N) is 5. The highest BCUT2D eigenvalue weighted by molar-refractivity contribution is 7.19. The van der Waals surface area contributed by atoms with Gasteiger partial charge in [-0.3, -0.25) is 10.1 Å². The van der Waals surface area contributed by atoms with Crippen LogP contribution in [0.2, 0.25) is 0 Å². The minimum absolute atomic E-state index is 0.113. The molecular formula is C20H22FN7O3S. The predicted molar refractivity (Wildman–Crippen MR) is 118 cm³/mol. The molecule has 1 fully saturated rings. The summed E-state index contributed by atoms with van der Waals surface area (Å²) in [6.45, 7) is 1.43. The van der Waals surface area contributed by atoms with Gasteiger partial charge in [0.25, 0.3) is 5.91 Å². The topological polar surface area (TPSA) is 114 Å². The van der Waals surface area contributed by atoms with Crippen LogP contribution in [-0.2, 0) is 9.53 Å². The van der Waals surface area contributed by atoms with E-state index in [0.717, 1.165) is 13.0 Å². The Bertz CT molecular complexity index is 1070. The number of benzene rings is 1. The molecule has 1 aliphatic rings. The number of carbonyl (C=O) groups excluding carboxylic acids is 1. The molecule has 0 bridgehead atoms. The van der Waals surface area contributed by atoms with E-state index < -0.39 is 12.1 Å². The SMILES string of the molecule is COc1cccc([C@H](OC)C(=O)Nc2nnc(N[C@@H]3CCN(c4ccc(F)nn4)C3)s2)c1. The zero-order valence-electron chi connectivity index (χ0n) is 17.5. The average molecular weight is 460 g/mol. The van der Waals surface area contributed by atoms with Crippen LogP contribution in [0.15, 0.2) is 36.4 Å². The molecule has 32 heavy (non-hydrogen) atoms. The molecule has 0 radical (unpaired) electrons. The second-order valence-electron chi connectivity index (χ2n) is 7.08. The third kappa shape index (κ3) is 5.08. The maximum absolute atomic E-state index is 13.0. The van der Waals surface area contributed by atoms with E-state index in [1.54, 1.807) is 37.4 Å². The number of rotatable bonds is 8. The number of nitrogens with one attached hydrogen (secondary N) is 2. The van der Waals surface area contributed by atoms with Gasteiger partial charge in [-0.2, -0.15) is 4.39 Å². The standard InChI is InChI=1S/C20H22FN7O3S/c1-30-14-5-3-4-12(10-14)17(31-2)18(29)23-20-27-26-19(32-20)22-13-8-9-28(11-13)16-7-6-15(21)24-25-16/h3-7,10,13,17H,8-9,11H2,1-2H3,(H,22,26)(H,23,27,29)/t13-,17+/m1/s1. The number of hydrogen-bond donors (Lipinski definition) is 2. The monoisotopic (exact) mass is 459 g/mol. The molecule has 1 amide bonds. The minimum atomic E-state index is -0.814. The lowest BCUT2D eigenvalue weighted by molar-refractivity contribution is -0.126. The molecule has 3 aromatic rings. The zero-order chi connectivity index (χ0) is 22.5. The molecule has 4 rings (SSSR count). The van der Waals surface area contributed by atoms with Gasteiger partial charge in [0.1, 0.15) is 5.75 Å². The lowest BCUT2D eigenvalue weighted by Gasteiger charge is -2.16. The van der Waals surface area contributed by atoms with Gasteiger partial charge in [0.05, 0.1) is 7.11 Å². The van der Waals surface area contributed by atoms with E-state index in [4.69, 9.17) is 9.47 Å². The summed E-state index contributed by atoms with van der Waals surface area (Å²) in [5, 5.41) is 22.5. The summed E-state index contributed by atoms with van der Waals surface area (Å²) in [5.41, 5.74) is 0.669. The van der Waals surface area contributed by atoms with Gasteiger partial charge in [-0.25, -0.2) is 0 Å². The normalized spacial score (nSPS) is 16.6. The fraction of sp³-hybridized carbons (Fsp3) is 0.350. The molecule has 3 heterocycles. The number of ether oxygens (including phenoxy) is 2. The van der Waals surface area contributed by atoms with Crippen molar-refractivity contribution in [3.05, 3.63) is 47.9 Å². The highest BCUT2D eigenvalue weighted by Crippen LogP contribution is 2.27. The Balaban J connectivity index is 1.34. The zero-order valence-corrected chi connectivity index (χ0v) is 18.3. The van der Waals surface area contributed by atoms with Crippen molar-refractivity contribution in [2.24, 2.45) is 0 Å². The van der Waals surface area contributed by atoms with Gasteiger partial charge in [0, 0.05) is 26.2 Å². The Kier molecular flexibility index (Phi) is 6.71. The van der Waals surface area contributed by atoms with Crippen molar-refractivity contribution in [3.8, 4) is 5.75 Å². The van der Waals surface area contributed by atoms with E-state index in [1.807, 2.05) is 4.90 Å². The summed E-state index contributed by atoms with van der Waals surface area (Å²) in [6.07, 6.45) is 0.0349. The first-order valence-electron chi connectivity index (χ1n) is 9.87. The van der Waals surface area contributed by atoms with Crippen LogP contribution < -0.4 is 20.3 Å². The van der Waals surface area contributed by atoms with Crippen LogP contribution in [0.1, 0.15) is 18.1 Å². The molecule has 1 aliphatic heterocycles. The first-order valence-corrected chi connectivity index (χ1v) is 10.7. The lowest BCUT2D eigenvalue weighted by atomic mass is 10.1. The van der Waals surface area contributed by atoms with Crippen LogP contribution in [0, 0.1) is 5.95 Å². The van der Waals surface area contributed by atoms with Crippen LogP contribution in [0.4, 0.5) is 20.5 Å². The van der Waals surface area contributed by atoms with Crippen molar-refractivity contribution < 1.29 is 18.7 Å². The van der Waals surface area contributed by atoms with Gasteiger partial charge in [-0.15, -0.1) is 20.4 Å². The Morgan fingerprint density at radius 1 is 1.19 bits per heavy atom. The Labute approximate surface area is 187 Å². The summed E-state index contributed by atoms with van der Waals surface area (Å²) in [4.78, 5) is 14.7. The molecule has 2 N–H and O–H groups in total. The number of halogens is 1. The van der Waals surface area contributed by atoms with E-state index in [2.05, 4.69) is 31.0 Å². The largest absolute Gasteiger partial charge is 0.497 e. The van der Waals surface area contributed by atoms with Crippen molar-refractivity contribution in [2.75, 3.05) is 42.8 Å². The Hall–Kier alpha value is -3.38. The molecular weight excluding hydrogens is 437 g/mol. The maximum Gasteiger partial charge on any atom is 0.259 e. The predicted octanol–water partition coefficient (Wildman–Crippen LogP) is 2.49. The molecule has 1 saturated heterocycles. The summed E-state index contributed by atoms with van der Waals surface area (Å²) >= 11 is 1.24. The summed E-state index contributed by atoms with van der Waals surface area (Å²) in [7, 11) is 3.03. The Morgan fingerprint density at radius 3 is 2.78 bits per heavy atom. The molecule has 1 aromatic carbocycles. The summed E-state index contributed by atoms with van der Waals surface area (Å²) in [5.74, 6) is 0.305. The number of methoxy groups -OCH3 is 2. The molecule has 0 aliphatic carbocycles. The number of aromatic nitrogens is 4. The van der Waals surface area contributed by atoms with E-state index >= 15 is 0 Å². The molecule has 0 spiro atoms. The average Bonchev–Trinajstić information content (AvgIpc) is 3.45. The fourth-order valence-corrected chi connectivity index (χ4v) is 4.16. The number of amides is 1. The second kappa shape index (κ2) is 9.83. The van der Waals surface area contributed by atoms with E-state index in [9.17, 15) is 9.18 Å². The van der Waals surface area contributed by atoms with Gasteiger partial charge in [0.2, 0.25) is 16.2 Å². The smallest absolute Gasteiger partial charge is 0.259 e. The molecule has 168 valence electrons. The highest BCUT2D eigenvalue weighted by Gasteiger charge is 2.26. The number of hydrogen-bond acceptors (Lipinski definition) is 10. The maximum atomic E-state index is 13.0. The first-order chi connectivity index (χ1) is 15.6. The van der Waals surface area contributed by atoms with Crippen LogP contribution in [0.5, 0.6) is 5.75 Å². The van der Waals surface area contributed by atoms with Crippen LogP contribution >= 0.6 is 11.3 Å². The third-order valence-electron chi connectivity index (χ3n) is 4.98. The van der Waals surface area contributed by atoms with Crippen LogP contribution in [-0.4, -0.2) is 59.7 Å². The van der Waals surface area contributed by atoms with E-state index in [-0.39, 0.29) is 11.9 Å². The van der Waals surface area contributed by atoms with Gasteiger partial charge in [-0.1, -0.05) is 23.5 Å². The number of carbonyl (C=O) groups is 1. The van der Waals surface area contributed by atoms with Gasteiger partial charge < -0.3 is 19.7 Å². The van der Waals surface area contributed by atoms with Crippen molar-refractivity contribution >= 4 is 33.3 Å². The van der Waals surface area contributed by atoms with E-state index in [1.165, 1.54) is 24.5 Å². The molecule has 10 nitrogen and oxygen atoms in total. The molecule has 0 unspecified atom stereocenters. The van der Waals surface area contributed by atoms with Crippen molar-refractivity contribution in [3.63, 3.8) is 0 Å². The second-order valence-corrected chi connectivity index (χ2v) is 8.06. The molecule has 2 atom stereocenters. The minimum Gasteiger partial charge on any atom is -0.497 e. The fourth-order valence-electron chi connectivity index (χ4n) is 3.44. The van der Waals surface area contributed by atoms with Gasteiger partial charge in [-0.05, 0) is 36.2 Å². The third-order valence-corrected chi connectivity index (χ3v) is 5.75. The van der Waals surface area contributed by atoms with Gasteiger partial charge >= 0.3 is 0 Å².